The molecule has 0 aromatic rings. The maximum Gasteiger partial charge on any atom is 0.101 e. The largest absolute Gasteiger partial charge is 0.393 e. The zero-order valence-corrected chi connectivity index (χ0v) is 20.6. The summed E-state index contributed by atoms with van der Waals surface area (Å²) in [4.78, 5) is 0. The van der Waals surface area contributed by atoms with E-state index in [1.807, 2.05) is 6.92 Å². The van der Waals surface area contributed by atoms with E-state index in [1.165, 1.54) is 32.1 Å². The normalized spacial score (nSPS) is 53.0. The number of fused-ring (bicyclic) bond motifs is 5. The van der Waals surface area contributed by atoms with E-state index in [1.54, 1.807) is 0 Å². The van der Waals surface area contributed by atoms with Crippen molar-refractivity contribution in [2.75, 3.05) is 0 Å². The Balaban J connectivity index is 1.56. The van der Waals surface area contributed by atoms with Gasteiger partial charge in [0.05, 0.1) is 18.3 Å². The summed E-state index contributed by atoms with van der Waals surface area (Å²) in [5, 5.41) is 44.2. The lowest BCUT2D eigenvalue weighted by Gasteiger charge is -2.66. The summed E-state index contributed by atoms with van der Waals surface area (Å²) in [5.74, 6) is 3.40. The molecule has 3 unspecified atom stereocenters. The summed E-state index contributed by atoms with van der Waals surface area (Å²) < 4.78 is 0. The fraction of sp³-hybridized carbons (Fsp3) is 1.00. The van der Waals surface area contributed by atoms with Crippen molar-refractivity contribution >= 4 is 0 Å². The summed E-state index contributed by atoms with van der Waals surface area (Å²) in [6.07, 6.45) is 7.37. The van der Waals surface area contributed by atoms with E-state index < -0.39 is 29.3 Å². The van der Waals surface area contributed by atoms with Crippen molar-refractivity contribution in [3.05, 3.63) is 0 Å². The molecule has 4 aliphatic rings. The van der Waals surface area contributed by atoms with Gasteiger partial charge in [-0.15, -0.1) is 0 Å². The average molecular weight is 437 g/mol. The van der Waals surface area contributed by atoms with Crippen LogP contribution in [0.15, 0.2) is 0 Å². The second-order valence-electron chi connectivity index (χ2n) is 13.0. The molecule has 0 saturated heterocycles. The molecule has 4 heteroatoms. The third kappa shape index (κ3) is 3.54. The maximum atomic E-state index is 11.6. The lowest BCUT2D eigenvalue weighted by Crippen LogP contribution is -2.72. The van der Waals surface area contributed by atoms with E-state index in [0.29, 0.717) is 30.1 Å². The first-order chi connectivity index (χ1) is 14.4. The van der Waals surface area contributed by atoms with Gasteiger partial charge in [0.25, 0.3) is 0 Å². The first-order valence-corrected chi connectivity index (χ1v) is 13.2. The van der Waals surface area contributed by atoms with Gasteiger partial charge in [-0.25, -0.2) is 0 Å². The Labute approximate surface area is 189 Å². The minimum atomic E-state index is -1.39. The van der Waals surface area contributed by atoms with Gasteiger partial charge in [0.1, 0.15) is 5.60 Å². The molecule has 4 fully saturated rings. The molecular formula is C27H48O4. The lowest BCUT2D eigenvalue weighted by atomic mass is 9.41. The molecule has 0 bridgehead atoms. The Morgan fingerprint density at radius 1 is 0.871 bits per heavy atom. The molecule has 180 valence electrons. The number of aliphatic hydroxyl groups is 4. The molecular weight excluding hydrogens is 388 g/mol. The van der Waals surface area contributed by atoms with Crippen LogP contribution in [0.1, 0.15) is 98.8 Å². The third-order valence-corrected chi connectivity index (χ3v) is 11.1. The summed E-state index contributed by atoms with van der Waals surface area (Å²) in [6, 6.07) is 0. The SMILES string of the molecule is CC(C)CCC[C@@H](C)[C@H]1CCC2C3C[C@@H](O)[C@@]4(O)C[C@@H](O)C[C@@H](O)[C@]4(C)C3CC[C@@]21C. The predicted octanol–water partition coefficient (Wildman–Crippen LogP) is 4.53. The molecule has 0 aliphatic heterocycles. The smallest absolute Gasteiger partial charge is 0.101 e. The number of hydrogen-bond acceptors (Lipinski definition) is 4. The van der Waals surface area contributed by atoms with E-state index in [4.69, 9.17) is 0 Å². The second kappa shape index (κ2) is 8.25. The van der Waals surface area contributed by atoms with Crippen LogP contribution in [0.3, 0.4) is 0 Å². The zero-order valence-electron chi connectivity index (χ0n) is 20.6. The third-order valence-electron chi connectivity index (χ3n) is 11.1. The Hall–Kier alpha value is -0.160. The molecule has 4 saturated carbocycles. The predicted molar refractivity (Wildman–Crippen MR) is 123 cm³/mol. The van der Waals surface area contributed by atoms with Crippen LogP contribution in [-0.4, -0.2) is 44.3 Å². The summed E-state index contributed by atoms with van der Waals surface area (Å²) >= 11 is 0. The average Bonchev–Trinajstić information content (AvgIpc) is 3.02. The van der Waals surface area contributed by atoms with Gasteiger partial charge in [-0.05, 0) is 79.4 Å². The first kappa shape index (κ1) is 24.0. The van der Waals surface area contributed by atoms with Crippen LogP contribution in [0, 0.1) is 46.3 Å². The molecule has 0 heterocycles. The van der Waals surface area contributed by atoms with Gasteiger partial charge >= 0.3 is 0 Å². The van der Waals surface area contributed by atoms with Crippen molar-refractivity contribution in [2.24, 2.45) is 46.3 Å². The number of rotatable bonds is 5. The minimum absolute atomic E-state index is 0.183. The van der Waals surface area contributed by atoms with Gasteiger partial charge in [-0.2, -0.15) is 0 Å². The Morgan fingerprint density at radius 2 is 1.58 bits per heavy atom. The van der Waals surface area contributed by atoms with E-state index in [-0.39, 0.29) is 12.3 Å². The first-order valence-electron chi connectivity index (χ1n) is 13.2. The van der Waals surface area contributed by atoms with E-state index in [0.717, 1.165) is 30.6 Å². The van der Waals surface area contributed by atoms with Gasteiger partial charge in [0, 0.05) is 11.8 Å². The summed E-state index contributed by atoms with van der Waals surface area (Å²) in [6.45, 7) is 11.6. The van der Waals surface area contributed by atoms with Crippen molar-refractivity contribution in [3.63, 3.8) is 0 Å². The molecule has 4 nitrogen and oxygen atoms in total. The molecule has 0 amide bonds. The van der Waals surface area contributed by atoms with Crippen molar-refractivity contribution in [1.29, 1.82) is 0 Å². The molecule has 0 spiro atoms. The van der Waals surface area contributed by atoms with Crippen LogP contribution in [-0.2, 0) is 0 Å². The Morgan fingerprint density at radius 3 is 2.26 bits per heavy atom. The van der Waals surface area contributed by atoms with Crippen molar-refractivity contribution in [3.8, 4) is 0 Å². The van der Waals surface area contributed by atoms with Gasteiger partial charge in [0.15, 0.2) is 0 Å². The molecule has 31 heavy (non-hydrogen) atoms. The molecule has 0 radical (unpaired) electrons. The summed E-state index contributed by atoms with van der Waals surface area (Å²) in [5.41, 5.74) is -1.82. The zero-order chi connectivity index (χ0) is 22.8. The minimum Gasteiger partial charge on any atom is -0.393 e. The monoisotopic (exact) mass is 436 g/mol. The van der Waals surface area contributed by atoms with Crippen molar-refractivity contribution in [2.45, 2.75) is 123 Å². The van der Waals surface area contributed by atoms with Gasteiger partial charge in [-0.3, -0.25) is 0 Å². The second-order valence-corrected chi connectivity index (χ2v) is 13.0. The van der Waals surface area contributed by atoms with Gasteiger partial charge in [0.2, 0.25) is 0 Å². The van der Waals surface area contributed by atoms with Crippen LogP contribution >= 0.6 is 0 Å². The summed E-state index contributed by atoms with van der Waals surface area (Å²) in [7, 11) is 0. The fourth-order valence-corrected chi connectivity index (χ4v) is 9.35. The highest BCUT2D eigenvalue weighted by atomic mass is 16.4. The Bertz CT molecular complexity index is 651. The van der Waals surface area contributed by atoms with Crippen LogP contribution < -0.4 is 0 Å². The van der Waals surface area contributed by atoms with Crippen LogP contribution in [0.4, 0.5) is 0 Å². The van der Waals surface area contributed by atoms with Crippen LogP contribution in [0.25, 0.3) is 0 Å². The topological polar surface area (TPSA) is 80.9 Å². The maximum absolute atomic E-state index is 11.6. The standard InChI is InChI=1S/C27H48O4/c1-16(2)7-6-8-17(3)20-9-10-21-19-14-24(30)27(31)15-18(28)13-23(29)26(27,5)22(19)11-12-25(20,21)4/h16-24,28-31H,6-15H2,1-5H3/t17-,18+,19?,20-,21?,22?,23-,24-,25-,26+,27+/m1/s1. The van der Waals surface area contributed by atoms with Gasteiger partial charge < -0.3 is 20.4 Å². The molecule has 0 aromatic carbocycles. The number of aliphatic hydroxyl groups excluding tert-OH is 3. The number of hydrogen-bond donors (Lipinski definition) is 4. The highest BCUT2D eigenvalue weighted by molar-refractivity contribution is 5.19. The van der Waals surface area contributed by atoms with Crippen LogP contribution in [0.5, 0.6) is 0 Å². The van der Waals surface area contributed by atoms with Crippen molar-refractivity contribution in [1.82, 2.24) is 0 Å². The molecule has 4 N–H and O–H groups in total. The molecule has 0 aromatic heterocycles. The highest BCUT2D eigenvalue weighted by Crippen LogP contribution is 2.69. The van der Waals surface area contributed by atoms with E-state index >= 15 is 0 Å². The quantitative estimate of drug-likeness (QED) is 0.511. The van der Waals surface area contributed by atoms with Crippen molar-refractivity contribution < 1.29 is 20.4 Å². The lowest BCUT2D eigenvalue weighted by molar-refractivity contribution is -0.294. The highest BCUT2D eigenvalue weighted by Gasteiger charge is 2.70. The van der Waals surface area contributed by atoms with E-state index in [2.05, 4.69) is 27.7 Å². The molecule has 11 atom stereocenters. The van der Waals surface area contributed by atoms with E-state index in [9.17, 15) is 20.4 Å². The Kier molecular flexibility index (Phi) is 6.38. The van der Waals surface area contributed by atoms with Gasteiger partial charge in [-0.1, -0.05) is 53.9 Å². The molecule has 4 rings (SSSR count). The molecule has 4 aliphatic carbocycles. The fourth-order valence-electron chi connectivity index (χ4n) is 9.35. The van der Waals surface area contributed by atoms with Crippen LogP contribution in [0.2, 0.25) is 0 Å².